The van der Waals surface area contributed by atoms with Gasteiger partial charge in [0.2, 0.25) is 0 Å². The third-order valence-corrected chi connectivity index (χ3v) is 4.56. The van der Waals surface area contributed by atoms with Crippen LogP contribution in [0.25, 0.3) is 0 Å². The highest BCUT2D eigenvalue weighted by molar-refractivity contribution is 7.99. The van der Waals surface area contributed by atoms with Crippen molar-refractivity contribution in [3.05, 3.63) is 35.4 Å². The van der Waals surface area contributed by atoms with E-state index in [2.05, 4.69) is 24.3 Å². The Bertz CT molecular complexity index is 426. The molecule has 0 radical (unpaired) electrons. The van der Waals surface area contributed by atoms with E-state index < -0.39 is 0 Å². The maximum absolute atomic E-state index is 12.0. The molecule has 2 aliphatic carbocycles. The molecule has 3 unspecified atom stereocenters. The predicted octanol–water partition coefficient (Wildman–Crippen LogP) is 2.89. The molecule has 0 bridgehead atoms. The number of rotatable bonds is 3. The third kappa shape index (κ3) is 1.51. The topological polar surface area (TPSA) is 17.1 Å². The minimum Gasteiger partial charge on any atom is -0.298 e. The normalized spacial score (nSPS) is 30.4. The smallest absolute Gasteiger partial charge is 0.146 e. The molecule has 2 heteroatoms. The molecule has 1 saturated carbocycles. The van der Waals surface area contributed by atoms with E-state index >= 15 is 0 Å². The fourth-order valence-corrected chi connectivity index (χ4v) is 3.72. The Morgan fingerprint density at radius 3 is 3.06 bits per heavy atom. The van der Waals surface area contributed by atoms with Gasteiger partial charge in [-0.25, -0.2) is 0 Å². The van der Waals surface area contributed by atoms with Gasteiger partial charge in [0, 0.05) is 5.92 Å². The maximum Gasteiger partial charge on any atom is 0.146 e. The molecule has 1 fully saturated rings. The Hall–Kier alpha value is -0.760. The number of Topliss-reactive ketones (excluding diaryl/α,β-unsaturated/α-hetero) is 1. The monoisotopic (exact) mass is 232 g/mol. The summed E-state index contributed by atoms with van der Waals surface area (Å²) in [6, 6.07) is 8.66. The highest BCUT2D eigenvalue weighted by Crippen LogP contribution is 2.60. The molecule has 16 heavy (non-hydrogen) atoms. The zero-order chi connectivity index (χ0) is 11.1. The summed E-state index contributed by atoms with van der Waals surface area (Å²) in [6.45, 7) is 0. The van der Waals surface area contributed by atoms with Gasteiger partial charge in [0.1, 0.15) is 5.78 Å². The molecule has 3 rings (SSSR count). The third-order valence-electron chi connectivity index (χ3n) is 3.99. The van der Waals surface area contributed by atoms with Gasteiger partial charge in [0.25, 0.3) is 0 Å². The molecule has 0 heterocycles. The highest BCUT2D eigenvalue weighted by atomic mass is 32.2. The first-order chi connectivity index (χ1) is 7.83. The van der Waals surface area contributed by atoms with Gasteiger partial charge in [-0.3, -0.25) is 4.79 Å². The Balaban J connectivity index is 1.85. The number of hydrogen-bond acceptors (Lipinski definition) is 2. The Kier molecular flexibility index (Phi) is 2.55. The second kappa shape index (κ2) is 3.92. The summed E-state index contributed by atoms with van der Waals surface area (Å²) in [4.78, 5) is 12.0. The van der Waals surface area contributed by atoms with Gasteiger partial charge < -0.3 is 0 Å². The van der Waals surface area contributed by atoms with Crippen molar-refractivity contribution >= 4 is 17.5 Å². The van der Waals surface area contributed by atoms with Crippen molar-refractivity contribution < 1.29 is 4.79 Å². The minimum atomic E-state index is 0.344. The number of carbonyl (C=O) groups excluding carboxylic acids is 1. The number of aryl methyl sites for hydroxylation is 1. The zero-order valence-electron chi connectivity index (χ0n) is 9.48. The molecule has 0 aromatic heterocycles. The van der Waals surface area contributed by atoms with Crippen molar-refractivity contribution in [1.82, 2.24) is 0 Å². The van der Waals surface area contributed by atoms with E-state index in [9.17, 15) is 4.79 Å². The van der Waals surface area contributed by atoms with E-state index in [-0.39, 0.29) is 0 Å². The van der Waals surface area contributed by atoms with Gasteiger partial charge in [-0.2, -0.15) is 11.8 Å². The number of carbonyl (C=O) groups is 1. The molecule has 0 spiro atoms. The van der Waals surface area contributed by atoms with Crippen LogP contribution in [0, 0.1) is 11.8 Å². The van der Waals surface area contributed by atoms with Crippen molar-refractivity contribution in [3.63, 3.8) is 0 Å². The molecular weight excluding hydrogens is 216 g/mol. The van der Waals surface area contributed by atoms with E-state index in [0.717, 1.165) is 0 Å². The van der Waals surface area contributed by atoms with Crippen LogP contribution >= 0.6 is 11.8 Å². The lowest BCUT2D eigenvalue weighted by molar-refractivity contribution is -0.118. The summed E-state index contributed by atoms with van der Waals surface area (Å²) in [5.74, 6) is 2.73. The van der Waals surface area contributed by atoms with Crippen molar-refractivity contribution in [2.75, 3.05) is 12.0 Å². The molecule has 3 atom stereocenters. The first kappa shape index (κ1) is 10.4. The van der Waals surface area contributed by atoms with E-state index in [0.29, 0.717) is 29.3 Å². The zero-order valence-corrected chi connectivity index (χ0v) is 10.3. The van der Waals surface area contributed by atoms with Crippen molar-refractivity contribution in [2.24, 2.45) is 11.8 Å². The molecule has 84 valence electrons. The summed E-state index contributed by atoms with van der Waals surface area (Å²) in [5.41, 5.74) is 2.93. The fraction of sp³-hybridized carbons (Fsp3) is 0.500. The molecule has 1 nitrogen and oxygen atoms in total. The van der Waals surface area contributed by atoms with Crippen LogP contribution in [-0.4, -0.2) is 17.8 Å². The summed E-state index contributed by atoms with van der Waals surface area (Å²) < 4.78 is 0. The maximum atomic E-state index is 12.0. The summed E-state index contributed by atoms with van der Waals surface area (Å²) >= 11 is 1.66. The first-order valence-electron chi connectivity index (χ1n) is 5.92. The highest BCUT2D eigenvalue weighted by Gasteiger charge is 2.56. The molecule has 0 N–H and O–H groups in total. The molecule has 0 saturated heterocycles. The van der Waals surface area contributed by atoms with Gasteiger partial charge in [-0.15, -0.1) is 0 Å². The van der Waals surface area contributed by atoms with Gasteiger partial charge in [-0.1, -0.05) is 24.3 Å². The number of hydrogen-bond donors (Lipinski definition) is 0. The van der Waals surface area contributed by atoms with Crippen molar-refractivity contribution in [1.29, 1.82) is 0 Å². The van der Waals surface area contributed by atoms with Crippen LogP contribution in [0.15, 0.2) is 24.3 Å². The van der Waals surface area contributed by atoms with Gasteiger partial charge in [0.15, 0.2) is 0 Å². The molecule has 1 aromatic carbocycles. The van der Waals surface area contributed by atoms with Crippen molar-refractivity contribution in [3.8, 4) is 0 Å². The van der Waals surface area contributed by atoms with E-state index in [1.807, 2.05) is 6.26 Å². The van der Waals surface area contributed by atoms with Crippen LogP contribution in [0.1, 0.15) is 23.5 Å². The number of ketones is 1. The van der Waals surface area contributed by atoms with Crippen LogP contribution in [0.2, 0.25) is 0 Å². The molecule has 1 aromatic rings. The lowest BCUT2D eigenvalue weighted by Gasteiger charge is -2.13. The fourth-order valence-electron chi connectivity index (χ4n) is 3.24. The van der Waals surface area contributed by atoms with Crippen LogP contribution in [-0.2, 0) is 11.2 Å². The molecular formula is C14H16OS. The lowest BCUT2D eigenvalue weighted by atomic mass is 9.92. The van der Waals surface area contributed by atoms with Crippen LogP contribution in [0.3, 0.4) is 0 Å². The number of thioether (sulfide) groups is 1. The van der Waals surface area contributed by atoms with Crippen molar-refractivity contribution in [2.45, 2.75) is 18.8 Å². The SMILES string of the molecule is CSCC(=O)C1C2CCc3ccccc3C21. The van der Waals surface area contributed by atoms with Crippen LogP contribution < -0.4 is 0 Å². The number of benzene rings is 1. The summed E-state index contributed by atoms with van der Waals surface area (Å²) in [5, 5.41) is 0. The second-order valence-electron chi connectivity index (χ2n) is 4.85. The molecule has 2 aliphatic rings. The Morgan fingerprint density at radius 2 is 2.25 bits per heavy atom. The standard InChI is InChI=1S/C14H16OS/c1-16-8-12(15)14-11-7-6-9-4-2-3-5-10(9)13(11)14/h2-5,11,13-14H,6-8H2,1H3. The minimum absolute atomic E-state index is 0.344. The predicted molar refractivity (Wildman–Crippen MR) is 67.9 cm³/mol. The first-order valence-corrected chi connectivity index (χ1v) is 7.31. The Labute approximate surface area is 101 Å². The van der Waals surface area contributed by atoms with E-state index in [1.54, 1.807) is 11.8 Å². The summed E-state index contributed by atoms with van der Waals surface area (Å²) in [7, 11) is 0. The van der Waals surface area contributed by atoms with Gasteiger partial charge in [-0.05, 0) is 42.1 Å². The molecule has 0 amide bonds. The largest absolute Gasteiger partial charge is 0.298 e. The average molecular weight is 232 g/mol. The average Bonchev–Trinajstić information content (AvgIpc) is 3.04. The quantitative estimate of drug-likeness (QED) is 0.797. The molecule has 0 aliphatic heterocycles. The second-order valence-corrected chi connectivity index (χ2v) is 5.72. The Morgan fingerprint density at radius 1 is 1.44 bits per heavy atom. The van der Waals surface area contributed by atoms with Crippen LogP contribution in [0.5, 0.6) is 0 Å². The lowest BCUT2D eigenvalue weighted by Crippen LogP contribution is -2.05. The number of fused-ring (bicyclic) bond motifs is 3. The van der Waals surface area contributed by atoms with E-state index in [4.69, 9.17) is 0 Å². The van der Waals surface area contributed by atoms with E-state index in [1.165, 1.54) is 24.0 Å². The van der Waals surface area contributed by atoms with Gasteiger partial charge >= 0.3 is 0 Å². The van der Waals surface area contributed by atoms with Gasteiger partial charge in [0.05, 0.1) is 5.75 Å². The summed E-state index contributed by atoms with van der Waals surface area (Å²) in [6.07, 6.45) is 4.39. The van der Waals surface area contributed by atoms with Crippen LogP contribution in [0.4, 0.5) is 0 Å².